The van der Waals surface area contributed by atoms with Gasteiger partial charge in [-0.15, -0.1) is 0 Å². The second-order valence-electron chi connectivity index (χ2n) is 6.39. The molecule has 0 aliphatic heterocycles. The quantitative estimate of drug-likeness (QED) is 0.323. The van der Waals surface area contributed by atoms with Crippen LogP contribution in [0, 0.1) is 0 Å². The van der Waals surface area contributed by atoms with E-state index in [1.807, 2.05) is 0 Å². The lowest BCUT2D eigenvalue weighted by atomic mass is 10.0. The van der Waals surface area contributed by atoms with E-state index in [-0.39, 0.29) is 28.0 Å². The third kappa shape index (κ3) is 3.89. The van der Waals surface area contributed by atoms with Gasteiger partial charge in [0.2, 0.25) is 16.9 Å². The van der Waals surface area contributed by atoms with E-state index in [2.05, 4.69) is 0 Å². The predicted molar refractivity (Wildman–Crippen MR) is 103 cm³/mol. The van der Waals surface area contributed by atoms with Crippen molar-refractivity contribution in [3.05, 3.63) is 82.6 Å². The summed E-state index contributed by atoms with van der Waals surface area (Å²) >= 11 is 0. The number of furan rings is 1. The molecule has 9 heteroatoms. The van der Waals surface area contributed by atoms with Crippen LogP contribution in [0.4, 0.5) is 13.2 Å². The number of hydrogen-bond donors (Lipinski definition) is 0. The largest absolute Gasteiger partial charge is 0.497 e. The fourth-order valence-electron chi connectivity index (χ4n) is 3.01. The minimum absolute atomic E-state index is 0.0251. The molecule has 158 valence electrons. The molecule has 0 N–H and O–H groups in total. The van der Waals surface area contributed by atoms with E-state index in [0.29, 0.717) is 5.75 Å². The number of alkyl halides is 3. The Balaban J connectivity index is 1.84. The maximum atomic E-state index is 13.7. The second-order valence-corrected chi connectivity index (χ2v) is 6.39. The molecule has 31 heavy (non-hydrogen) atoms. The number of fused-ring (bicyclic) bond motifs is 1. The van der Waals surface area contributed by atoms with Gasteiger partial charge in [0.1, 0.15) is 17.1 Å². The van der Waals surface area contributed by atoms with E-state index in [1.54, 1.807) is 0 Å². The summed E-state index contributed by atoms with van der Waals surface area (Å²) in [5.74, 6) is -2.08. The van der Waals surface area contributed by atoms with Gasteiger partial charge in [0.15, 0.2) is 0 Å². The van der Waals surface area contributed by atoms with Crippen LogP contribution in [0.15, 0.2) is 74.5 Å². The number of benzene rings is 2. The molecule has 0 radical (unpaired) electrons. The number of halogens is 3. The van der Waals surface area contributed by atoms with Crippen molar-refractivity contribution in [2.45, 2.75) is 6.18 Å². The average Bonchev–Trinajstić information content (AvgIpc) is 3.28. The standard InChI is InChI=1S/C22H13F3O6/c1-28-13-6-4-12(5-7-13)18-19(26)15-9-8-14(30-21(27)16-3-2-10-29-16)11-17(15)31-20(18)22(23,24)25/h2-11H,1H3. The van der Waals surface area contributed by atoms with Gasteiger partial charge in [-0.05, 0) is 42.0 Å². The molecular formula is C22H13F3O6. The van der Waals surface area contributed by atoms with Crippen LogP contribution >= 0.6 is 0 Å². The monoisotopic (exact) mass is 430 g/mol. The van der Waals surface area contributed by atoms with Gasteiger partial charge in [0.05, 0.1) is 24.3 Å². The Morgan fingerprint density at radius 3 is 2.32 bits per heavy atom. The first kappa shape index (κ1) is 20.3. The van der Waals surface area contributed by atoms with Crippen molar-refractivity contribution < 1.29 is 36.3 Å². The molecule has 0 atom stereocenters. The van der Waals surface area contributed by atoms with Crippen molar-refractivity contribution in [2.24, 2.45) is 0 Å². The van der Waals surface area contributed by atoms with E-state index in [0.717, 1.165) is 6.07 Å². The summed E-state index contributed by atoms with van der Waals surface area (Å²) in [6, 6.07) is 12.0. The summed E-state index contributed by atoms with van der Waals surface area (Å²) in [5, 5.41) is -0.100. The zero-order chi connectivity index (χ0) is 22.2. The number of esters is 1. The third-order valence-corrected chi connectivity index (χ3v) is 4.43. The topological polar surface area (TPSA) is 78.9 Å². The van der Waals surface area contributed by atoms with Gasteiger partial charge >= 0.3 is 12.1 Å². The molecule has 2 heterocycles. The molecule has 4 rings (SSSR count). The van der Waals surface area contributed by atoms with Crippen LogP contribution in [0.3, 0.4) is 0 Å². The van der Waals surface area contributed by atoms with Crippen LogP contribution in [0.25, 0.3) is 22.1 Å². The van der Waals surface area contributed by atoms with Gasteiger partial charge in [0.25, 0.3) is 0 Å². The molecule has 2 aromatic carbocycles. The highest BCUT2D eigenvalue weighted by Gasteiger charge is 2.39. The van der Waals surface area contributed by atoms with Gasteiger partial charge in [-0.25, -0.2) is 4.79 Å². The lowest BCUT2D eigenvalue weighted by Gasteiger charge is -2.13. The van der Waals surface area contributed by atoms with Gasteiger partial charge in [-0.2, -0.15) is 13.2 Å². The van der Waals surface area contributed by atoms with E-state index >= 15 is 0 Å². The number of carbonyl (C=O) groups is 1. The second kappa shape index (κ2) is 7.67. The van der Waals surface area contributed by atoms with Crippen molar-refractivity contribution in [3.63, 3.8) is 0 Å². The van der Waals surface area contributed by atoms with Crippen LogP contribution < -0.4 is 14.9 Å². The molecule has 0 saturated carbocycles. The third-order valence-electron chi connectivity index (χ3n) is 4.43. The number of methoxy groups -OCH3 is 1. The normalized spacial score (nSPS) is 11.5. The molecular weight excluding hydrogens is 417 g/mol. The molecule has 0 bridgehead atoms. The van der Waals surface area contributed by atoms with Crippen LogP contribution in [0.1, 0.15) is 16.3 Å². The summed E-state index contributed by atoms with van der Waals surface area (Å²) in [5.41, 5.74) is -1.85. The minimum Gasteiger partial charge on any atom is -0.497 e. The fourth-order valence-corrected chi connectivity index (χ4v) is 3.01. The zero-order valence-corrected chi connectivity index (χ0v) is 15.9. The zero-order valence-electron chi connectivity index (χ0n) is 15.9. The van der Waals surface area contributed by atoms with Gasteiger partial charge in [0, 0.05) is 6.07 Å². The molecule has 0 aliphatic rings. The minimum atomic E-state index is -4.94. The van der Waals surface area contributed by atoms with E-state index in [9.17, 15) is 22.8 Å². The first-order valence-corrected chi connectivity index (χ1v) is 8.86. The van der Waals surface area contributed by atoms with E-state index in [4.69, 9.17) is 18.3 Å². The van der Waals surface area contributed by atoms with Crippen LogP contribution in [-0.2, 0) is 6.18 Å². The summed E-state index contributed by atoms with van der Waals surface area (Å²) in [6.45, 7) is 0. The molecule has 2 aromatic heterocycles. The SMILES string of the molecule is COc1ccc(-c2c(C(F)(F)F)oc3cc(OC(=O)c4ccco4)ccc3c2=O)cc1. The Morgan fingerprint density at radius 2 is 1.71 bits per heavy atom. The fraction of sp³-hybridized carbons (Fsp3) is 0.0909. The average molecular weight is 430 g/mol. The van der Waals surface area contributed by atoms with Gasteiger partial charge in [-0.1, -0.05) is 12.1 Å². The van der Waals surface area contributed by atoms with Crippen molar-refractivity contribution in [3.8, 4) is 22.6 Å². The Hall–Kier alpha value is -4.01. The highest BCUT2D eigenvalue weighted by atomic mass is 19.4. The van der Waals surface area contributed by atoms with E-state index in [1.165, 1.54) is 61.9 Å². The maximum absolute atomic E-state index is 13.7. The van der Waals surface area contributed by atoms with E-state index < -0.39 is 28.9 Å². The summed E-state index contributed by atoms with van der Waals surface area (Å²) in [4.78, 5) is 25.0. The Labute approximate surface area is 172 Å². The first-order chi connectivity index (χ1) is 14.8. The molecule has 0 unspecified atom stereocenters. The summed E-state index contributed by atoms with van der Waals surface area (Å²) < 4.78 is 61.3. The number of rotatable bonds is 4. The van der Waals surface area contributed by atoms with Crippen molar-refractivity contribution in [1.29, 1.82) is 0 Å². The molecule has 0 amide bonds. The Bertz CT molecular complexity index is 1300. The Morgan fingerprint density at radius 1 is 1.00 bits per heavy atom. The molecule has 0 saturated heterocycles. The van der Waals surface area contributed by atoms with Crippen LogP contribution in [-0.4, -0.2) is 13.1 Å². The smallest absolute Gasteiger partial charge is 0.450 e. The summed E-state index contributed by atoms with van der Waals surface area (Å²) in [7, 11) is 1.41. The highest BCUT2D eigenvalue weighted by Crippen LogP contribution is 2.38. The molecule has 6 nitrogen and oxygen atoms in total. The lowest BCUT2D eigenvalue weighted by molar-refractivity contribution is -0.152. The number of hydrogen-bond acceptors (Lipinski definition) is 6. The number of ether oxygens (including phenoxy) is 2. The molecule has 0 aliphatic carbocycles. The molecule has 0 spiro atoms. The van der Waals surface area contributed by atoms with Gasteiger partial charge in [-0.3, -0.25) is 4.79 Å². The van der Waals surface area contributed by atoms with Crippen molar-refractivity contribution in [1.82, 2.24) is 0 Å². The number of carbonyl (C=O) groups excluding carboxylic acids is 1. The summed E-state index contributed by atoms with van der Waals surface area (Å²) in [6.07, 6.45) is -3.67. The van der Waals surface area contributed by atoms with Crippen LogP contribution in [0.2, 0.25) is 0 Å². The predicted octanol–water partition coefficient (Wildman–Crippen LogP) is 5.30. The first-order valence-electron chi connectivity index (χ1n) is 8.86. The molecule has 4 aromatic rings. The van der Waals surface area contributed by atoms with Crippen molar-refractivity contribution in [2.75, 3.05) is 7.11 Å². The van der Waals surface area contributed by atoms with Gasteiger partial charge < -0.3 is 18.3 Å². The lowest BCUT2D eigenvalue weighted by Crippen LogP contribution is -2.16. The van der Waals surface area contributed by atoms with Crippen LogP contribution in [0.5, 0.6) is 11.5 Å². The maximum Gasteiger partial charge on any atom is 0.450 e. The van der Waals surface area contributed by atoms with Crippen molar-refractivity contribution >= 4 is 16.9 Å². The Kier molecular flexibility index (Phi) is 5.02. The molecule has 0 fully saturated rings. The highest BCUT2D eigenvalue weighted by molar-refractivity contribution is 5.89.